The first kappa shape index (κ1) is 9.64. The molecule has 1 atom stereocenters. The highest BCUT2D eigenvalue weighted by molar-refractivity contribution is 6.61. The Morgan fingerprint density at radius 3 is 2.93 bits per heavy atom. The molecule has 0 bridgehead atoms. The van der Waals surface area contributed by atoms with Crippen LogP contribution in [-0.2, 0) is 11.3 Å². The van der Waals surface area contributed by atoms with Crippen LogP contribution in [0.5, 0.6) is 0 Å². The molecule has 0 fully saturated rings. The highest BCUT2D eigenvalue weighted by Crippen LogP contribution is 2.27. The molecule has 0 aromatic heterocycles. The normalized spacial score (nSPS) is 20.0. The first-order valence-electron chi connectivity index (χ1n) is 4.40. The maximum atomic E-state index is 13.2. The molecule has 1 aliphatic heterocycles. The molecule has 74 valence electrons. The zero-order valence-electron chi connectivity index (χ0n) is 7.70. The van der Waals surface area contributed by atoms with Gasteiger partial charge in [-0.05, 0) is 24.0 Å². The molecular weight excluding hydrogens is 186 g/mol. The van der Waals surface area contributed by atoms with Gasteiger partial charge in [-0.1, -0.05) is 6.07 Å². The van der Waals surface area contributed by atoms with Gasteiger partial charge < -0.3 is 14.8 Å². The van der Waals surface area contributed by atoms with Crippen molar-refractivity contribution in [2.75, 3.05) is 0 Å². The number of rotatable bonds is 1. The van der Waals surface area contributed by atoms with Crippen LogP contribution in [0, 0.1) is 5.82 Å². The Balaban J connectivity index is 2.62. The lowest BCUT2D eigenvalue weighted by Crippen LogP contribution is -2.28. The van der Waals surface area contributed by atoms with E-state index in [-0.39, 0.29) is 18.3 Å². The van der Waals surface area contributed by atoms with E-state index in [2.05, 4.69) is 0 Å². The number of aliphatic hydroxyl groups excluding tert-OH is 1. The fourth-order valence-corrected chi connectivity index (χ4v) is 1.85. The molecule has 1 heterocycles. The highest BCUT2D eigenvalue weighted by atomic mass is 19.1. The molecule has 0 amide bonds. The molecule has 14 heavy (non-hydrogen) atoms. The molecule has 1 aliphatic rings. The van der Waals surface area contributed by atoms with Crippen molar-refractivity contribution in [2.24, 2.45) is 0 Å². The van der Waals surface area contributed by atoms with Crippen molar-refractivity contribution >= 4 is 12.6 Å². The van der Waals surface area contributed by atoms with E-state index in [9.17, 15) is 9.41 Å². The Morgan fingerprint density at radius 1 is 1.57 bits per heavy atom. The predicted octanol–water partition coefficient (Wildman–Crippen LogP) is 0.0967. The smallest absolute Gasteiger partial charge is 0.423 e. The van der Waals surface area contributed by atoms with Gasteiger partial charge in [-0.3, -0.25) is 0 Å². The minimum absolute atomic E-state index is 0.214. The van der Waals surface area contributed by atoms with Crippen molar-refractivity contribution in [1.29, 1.82) is 0 Å². The summed E-state index contributed by atoms with van der Waals surface area (Å²) < 4.78 is 18.4. The van der Waals surface area contributed by atoms with Gasteiger partial charge in [-0.25, -0.2) is 4.39 Å². The van der Waals surface area contributed by atoms with Crippen LogP contribution in [0.3, 0.4) is 0 Å². The molecule has 0 saturated heterocycles. The molecule has 2 N–H and O–H groups in total. The summed E-state index contributed by atoms with van der Waals surface area (Å²) in [6.07, 6.45) is -0.377. The summed E-state index contributed by atoms with van der Waals surface area (Å²) in [7, 11) is -1.01. The van der Waals surface area contributed by atoms with E-state index in [0.717, 1.165) is 0 Å². The highest BCUT2D eigenvalue weighted by Gasteiger charge is 2.35. The number of aliphatic hydroxyl groups is 1. The minimum Gasteiger partial charge on any atom is -0.423 e. The average molecular weight is 196 g/mol. The third-order valence-electron chi connectivity index (χ3n) is 2.50. The summed E-state index contributed by atoms with van der Waals surface area (Å²) in [6.45, 7) is 1.34. The van der Waals surface area contributed by atoms with Crippen molar-refractivity contribution < 1.29 is 19.2 Å². The Kier molecular flexibility index (Phi) is 2.30. The predicted molar refractivity (Wildman–Crippen MR) is 49.4 cm³/mol. The fourth-order valence-electron chi connectivity index (χ4n) is 1.85. The van der Waals surface area contributed by atoms with Gasteiger partial charge in [-0.15, -0.1) is 0 Å². The zero-order valence-corrected chi connectivity index (χ0v) is 7.70. The van der Waals surface area contributed by atoms with E-state index in [1.54, 1.807) is 6.92 Å². The molecule has 0 saturated carbocycles. The molecule has 5 heteroatoms. The third kappa shape index (κ3) is 1.25. The van der Waals surface area contributed by atoms with Crippen molar-refractivity contribution in [3.8, 4) is 0 Å². The molecular formula is C9H10BFO3. The lowest BCUT2D eigenvalue weighted by molar-refractivity contribution is 0.203. The van der Waals surface area contributed by atoms with Gasteiger partial charge in [0.2, 0.25) is 0 Å². The van der Waals surface area contributed by atoms with Crippen molar-refractivity contribution in [3.05, 3.63) is 29.1 Å². The molecule has 0 aliphatic carbocycles. The lowest BCUT2D eigenvalue weighted by atomic mass is 9.78. The SMILES string of the molecule is CC1OB(O)c2ccc(F)c(CO)c21. The van der Waals surface area contributed by atoms with Crippen LogP contribution in [-0.4, -0.2) is 17.2 Å². The van der Waals surface area contributed by atoms with Gasteiger partial charge >= 0.3 is 7.12 Å². The van der Waals surface area contributed by atoms with Gasteiger partial charge in [0.1, 0.15) is 5.82 Å². The number of halogens is 1. The molecule has 1 unspecified atom stereocenters. The van der Waals surface area contributed by atoms with Gasteiger partial charge in [0.05, 0.1) is 12.7 Å². The van der Waals surface area contributed by atoms with E-state index in [1.165, 1.54) is 12.1 Å². The maximum Gasteiger partial charge on any atom is 0.491 e. The monoisotopic (exact) mass is 196 g/mol. The quantitative estimate of drug-likeness (QED) is 0.626. The Labute approximate surface area is 81.3 Å². The number of benzene rings is 1. The van der Waals surface area contributed by atoms with E-state index in [4.69, 9.17) is 9.76 Å². The van der Waals surface area contributed by atoms with Crippen LogP contribution in [0.15, 0.2) is 12.1 Å². The second kappa shape index (κ2) is 3.35. The lowest BCUT2D eigenvalue weighted by Gasteiger charge is -2.10. The van der Waals surface area contributed by atoms with E-state index in [0.29, 0.717) is 11.0 Å². The van der Waals surface area contributed by atoms with Gasteiger partial charge in [0.15, 0.2) is 0 Å². The zero-order chi connectivity index (χ0) is 10.3. The average Bonchev–Trinajstić information content (AvgIpc) is 2.43. The summed E-state index contributed by atoms with van der Waals surface area (Å²) >= 11 is 0. The van der Waals surface area contributed by atoms with E-state index in [1.807, 2.05) is 0 Å². The van der Waals surface area contributed by atoms with Gasteiger partial charge in [0, 0.05) is 5.56 Å². The summed E-state index contributed by atoms with van der Waals surface area (Å²) in [5, 5.41) is 18.4. The molecule has 0 radical (unpaired) electrons. The van der Waals surface area contributed by atoms with E-state index < -0.39 is 12.9 Å². The van der Waals surface area contributed by atoms with E-state index >= 15 is 0 Å². The summed E-state index contributed by atoms with van der Waals surface area (Å²) in [5.41, 5.74) is 1.33. The minimum atomic E-state index is -1.01. The molecule has 0 spiro atoms. The summed E-state index contributed by atoms with van der Waals surface area (Å²) in [4.78, 5) is 0. The largest absolute Gasteiger partial charge is 0.491 e. The van der Waals surface area contributed by atoms with Crippen LogP contribution in [0.1, 0.15) is 24.2 Å². The number of fused-ring (bicyclic) bond motifs is 1. The fraction of sp³-hybridized carbons (Fsp3) is 0.333. The Hall–Kier alpha value is -0.905. The van der Waals surface area contributed by atoms with Crippen LogP contribution in [0.2, 0.25) is 0 Å². The molecule has 1 aromatic carbocycles. The Morgan fingerprint density at radius 2 is 2.29 bits per heavy atom. The number of hydrogen-bond acceptors (Lipinski definition) is 3. The van der Waals surface area contributed by atoms with Crippen LogP contribution in [0.25, 0.3) is 0 Å². The third-order valence-corrected chi connectivity index (χ3v) is 2.50. The van der Waals surface area contributed by atoms with Crippen molar-refractivity contribution in [3.63, 3.8) is 0 Å². The summed E-state index contributed by atoms with van der Waals surface area (Å²) in [6, 6.07) is 2.72. The van der Waals surface area contributed by atoms with Gasteiger partial charge in [0.25, 0.3) is 0 Å². The first-order chi connectivity index (χ1) is 6.65. The van der Waals surface area contributed by atoms with Crippen LogP contribution in [0.4, 0.5) is 4.39 Å². The van der Waals surface area contributed by atoms with Crippen molar-refractivity contribution in [1.82, 2.24) is 0 Å². The molecule has 3 nitrogen and oxygen atoms in total. The van der Waals surface area contributed by atoms with Crippen molar-refractivity contribution in [2.45, 2.75) is 19.6 Å². The maximum absolute atomic E-state index is 13.2. The first-order valence-corrected chi connectivity index (χ1v) is 4.40. The van der Waals surface area contributed by atoms with Gasteiger partial charge in [-0.2, -0.15) is 0 Å². The Bertz CT molecular complexity index is 369. The second-order valence-corrected chi connectivity index (χ2v) is 3.32. The second-order valence-electron chi connectivity index (χ2n) is 3.32. The number of hydrogen-bond donors (Lipinski definition) is 2. The molecule has 2 rings (SSSR count). The van der Waals surface area contributed by atoms with Crippen LogP contribution >= 0.6 is 0 Å². The summed E-state index contributed by atoms with van der Waals surface area (Å²) in [5.74, 6) is -0.462. The standard InChI is InChI=1S/C9H10BFO3/c1-5-9-6(4-12)8(11)3-2-7(9)10(13)14-5/h2-3,5,12-13H,4H2,1H3. The molecule has 1 aromatic rings. The topological polar surface area (TPSA) is 49.7 Å². The van der Waals surface area contributed by atoms with Crippen LogP contribution < -0.4 is 5.46 Å².